The fourth-order valence-electron chi connectivity index (χ4n) is 2.91. The summed E-state index contributed by atoms with van der Waals surface area (Å²) in [4.78, 5) is 13.7. The van der Waals surface area contributed by atoms with Crippen molar-refractivity contribution in [2.24, 2.45) is 5.92 Å². The highest BCUT2D eigenvalue weighted by Gasteiger charge is 2.25. The van der Waals surface area contributed by atoms with Crippen molar-refractivity contribution in [3.63, 3.8) is 0 Å². The molecule has 2 unspecified atom stereocenters. The van der Waals surface area contributed by atoms with Gasteiger partial charge in [0, 0.05) is 22.8 Å². The first kappa shape index (κ1) is 12.2. The number of thiophene rings is 1. The maximum absolute atomic E-state index is 12.3. The smallest absolute Gasteiger partial charge is 0.252 e. The minimum Gasteiger partial charge on any atom is -0.348 e. The van der Waals surface area contributed by atoms with E-state index >= 15 is 0 Å². The number of hydrogen-bond acceptors (Lipinski definition) is 3. The van der Waals surface area contributed by atoms with E-state index in [1.165, 1.54) is 16.9 Å². The van der Waals surface area contributed by atoms with Crippen LogP contribution in [-0.4, -0.2) is 25.0 Å². The number of amides is 1. The van der Waals surface area contributed by atoms with Gasteiger partial charge in [0.05, 0.1) is 5.56 Å². The molecule has 1 aromatic heterocycles. The summed E-state index contributed by atoms with van der Waals surface area (Å²) >= 11 is 1.77. The Balaban J connectivity index is 1.74. The van der Waals surface area contributed by atoms with E-state index in [1.807, 2.05) is 0 Å². The summed E-state index contributed by atoms with van der Waals surface area (Å²) in [5.41, 5.74) is 2.26. The van der Waals surface area contributed by atoms with Gasteiger partial charge in [0.15, 0.2) is 0 Å². The van der Waals surface area contributed by atoms with Gasteiger partial charge in [0.1, 0.15) is 0 Å². The summed E-state index contributed by atoms with van der Waals surface area (Å²) in [7, 11) is 0. The lowest BCUT2D eigenvalue weighted by molar-refractivity contribution is 0.0939. The molecule has 1 aliphatic heterocycles. The first-order valence-corrected chi connectivity index (χ1v) is 7.73. The minimum atomic E-state index is 0.135. The third-order valence-corrected chi connectivity index (χ3v) is 5.09. The number of carbonyl (C=O) groups is 1. The maximum Gasteiger partial charge on any atom is 0.252 e. The zero-order valence-corrected chi connectivity index (χ0v) is 11.6. The maximum atomic E-state index is 12.3. The Morgan fingerprint density at radius 1 is 1.50 bits per heavy atom. The Kier molecular flexibility index (Phi) is 3.39. The van der Waals surface area contributed by atoms with Crippen molar-refractivity contribution in [1.29, 1.82) is 0 Å². The molecule has 0 aromatic carbocycles. The largest absolute Gasteiger partial charge is 0.348 e. The highest BCUT2D eigenvalue weighted by molar-refractivity contribution is 7.10. The summed E-state index contributed by atoms with van der Waals surface area (Å²) in [6, 6.07) is 0.315. The van der Waals surface area contributed by atoms with E-state index in [9.17, 15) is 4.79 Å². The zero-order valence-electron chi connectivity index (χ0n) is 10.8. The molecule has 1 fully saturated rings. The Hall–Kier alpha value is -0.870. The van der Waals surface area contributed by atoms with E-state index in [4.69, 9.17) is 0 Å². The van der Waals surface area contributed by atoms with Gasteiger partial charge in [-0.05, 0) is 43.7 Å². The number of hydrogen-bond donors (Lipinski definition) is 2. The molecule has 2 atom stereocenters. The lowest BCUT2D eigenvalue weighted by Crippen LogP contribution is -2.36. The molecule has 3 nitrogen and oxygen atoms in total. The average molecular weight is 264 g/mol. The predicted octanol–water partition coefficient (Wildman–Crippen LogP) is 1.96. The monoisotopic (exact) mass is 264 g/mol. The standard InChI is InChI=1S/C14H20N2OS/c1-9-2-3-11-12(8-18-13(11)6-9)14(17)16-10-4-5-15-7-10/h8-10,15H,2-7H2,1H3,(H,16,17). The molecule has 0 spiro atoms. The summed E-state index contributed by atoms with van der Waals surface area (Å²) in [6.07, 6.45) is 4.49. The van der Waals surface area contributed by atoms with E-state index in [2.05, 4.69) is 22.9 Å². The first-order valence-electron chi connectivity index (χ1n) is 6.85. The molecule has 0 radical (unpaired) electrons. The van der Waals surface area contributed by atoms with E-state index in [-0.39, 0.29) is 5.91 Å². The molecule has 98 valence electrons. The summed E-state index contributed by atoms with van der Waals surface area (Å²) in [5, 5.41) is 8.48. The van der Waals surface area contributed by atoms with Gasteiger partial charge in [-0.3, -0.25) is 4.79 Å². The van der Waals surface area contributed by atoms with Crippen LogP contribution < -0.4 is 10.6 Å². The lowest BCUT2D eigenvalue weighted by Gasteiger charge is -2.19. The molecule has 0 saturated carbocycles. The van der Waals surface area contributed by atoms with Gasteiger partial charge in [-0.1, -0.05) is 6.92 Å². The number of carbonyl (C=O) groups excluding carboxylic acids is 1. The molecule has 2 aliphatic rings. The summed E-state index contributed by atoms with van der Waals surface area (Å²) in [5.74, 6) is 0.904. The van der Waals surface area contributed by atoms with Gasteiger partial charge >= 0.3 is 0 Å². The molecule has 1 aromatic rings. The SMILES string of the molecule is CC1CCc2c(C(=O)NC3CCNC3)csc2C1. The third-order valence-electron chi connectivity index (χ3n) is 4.04. The van der Waals surface area contributed by atoms with Crippen molar-refractivity contribution in [1.82, 2.24) is 10.6 Å². The van der Waals surface area contributed by atoms with Crippen molar-refractivity contribution >= 4 is 17.2 Å². The Morgan fingerprint density at radius 2 is 2.39 bits per heavy atom. The predicted molar refractivity (Wildman–Crippen MR) is 74.2 cm³/mol. The first-order chi connectivity index (χ1) is 8.74. The van der Waals surface area contributed by atoms with Crippen LogP contribution in [0.2, 0.25) is 0 Å². The van der Waals surface area contributed by atoms with Gasteiger partial charge in [-0.25, -0.2) is 0 Å². The second-order valence-corrected chi connectivity index (χ2v) is 6.53. The highest BCUT2D eigenvalue weighted by atomic mass is 32.1. The number of nitrogens with one attached hydrogen (secondary N) is 2. The molecule has 1 aliphatic carbocycles. The molecular formula is C14H20N2OS. The van der Waals surface area contributed by atoms with Gasteiger partial charge in [0.25, 0.3) is 5.91 Å². The van der Waals surface area contributed by atoms with Gasteiger partial charge in [-0.15, -0.1) is 11.3 Å². The highest BCUT2D eigenvalue weighted by Crippen LogP contribution is 2.32. The molecule has 2 heterocycles. The molecule has 0 bridgehead atoms. The Bertz CT molecular complexity index is 449. The van der Waals surface area contributed by atoms with Crippen LogP contribution >= 0.6 is 11.3 Å². The van der Waals surface area contributed by atoms with Crippen LogP contribution in [-0.2, 0) is 12.8 Å². The number of rotatable bonds is 2. The van der Waals surface area contributed by atoms with Crippen LogP contribution in [0.3, 0.4) is 0 Å². The van der Waals surface area contributed by atoms with E-state index < -0.39 is 0 Å². The van der Waals surface area contributed by atoms with Crippen molar-refractivity contribution in [3.05, 3.63) is 21.4 Å². The van der Waals surface area contributed by atoms with Crippen LogP contribution in [0, 0.1) is 5.92 Å². The van der Waals surface area contributed by atoms with Gasteiger partial charge in [0.2, 0.25) is 0 Å². The zero-order chi connectivity index (χ0) is 12.5. The van der Waals surface area contributed by atoms with Gasteiger partial charge in [-0.2, -0.15) is 0 Å². The lowest BCUT2D eigenvalue weighted by atomic mass is 9.88. The van der Waals surface area contributed by atoms with Crippen molar-refractivity contribution < 1.29 is 4.79 Å². The fourth-order valence-corrected chi connectivity index (χ4v) is 4.15. The molecule has 3 rings (SSSR count). The van der Waals surface area contributed by atoms with Crippen molar-refractivity contribution in [2.75, 3.05) is 13.1 Å². The van der Waals surface area contributed by atoms with Crippen LogP contribution in [0.15, 0.2) is 5.38 Å². The molecule has 1 saturated heterocycles. The minimum absolute atomic E-state index is 0.135. The quantitative estimate of drug-likeness (QED) is 0.857. The molecule has 18 heavy (non-hydrogen) atoms. The van der Waals surface area contributed by atoms with E-state index in [1.54, 1.807) is 11.3 Å². The van der Waals surface area contributed by atoms with Crippen LogP contribution in [0.5, 0.6) is 0 Å². The second kappa shape index (κ2) is 5.02. The van der Waals surface area contributed by atoms with Crippen LogP contribution in [0.1, 0.15) is 40.6 Å². The van der Waals surface area contributed by atoms with E-state index in [0.29, 0.717) is 6.04 Å². The average Bonchev–Trinajstić information content (AvgIpc) is 2.97. The fraction of sp³-hybridized carbons (Fsp3) is 0.643. The Morgan fingerprint density at radius 3 is 3.17 bits per heavy atom. The summed E-state index contributed by atoms with van der Waals surface area (Å²) in [6.45, 7) is 4.23. The third kappa shape index (κ3) is 2.31. The molecule has 2 N–H and O–H groups in total. The second-order valence-electron chi connectivity index (χ2n) is 5.56. The number of fused-ring (bicyclic) bond motifs is 1. The summed E-state index contributed by atoms with van der Waals surface area (Å²) < 4.78 is 0. The molecule has 1 amide bonds. The Labute approximate surface area is 112 Å². The van der Waals surface area contributed by atoms with Gasteiger partial charge < -0.3 is 10.6 Å². The molecule has 4 heteroatoms. The normalized spacial score (nSPS) is 26.9. The van der Waals surface area contributed by atoms with E-state index in [0.717, 1.165) is 43.8 Å². The van der Waals surface area contributed by atoms with Crippen molar-refractivity contribution in [2.45, 2.75) is 38.6 Å². The topological polar surface area (TPSA) is 41.1 Å². The van der Waals surface area contributed by atoms with Crippen molar-refractivity contribution in [3.8, 4) is 0 Å². The van der Waals surface area contributed by atoms with Crippen LogP contribution in [0.4, 0.5) is 0 Å². The van der Waals surface area contributed by atoms with Crippen LogP contribution in [0.25, 0.3) is 0 Å². The molecular weight excluding hydrogens is 244 g/mol.